The molecule has 1 heterocycles. The highest BCUT2D eigenvalue weighted by atomic mass is 32.2. The number of sulfone groups is 1. The lowest BCUT2D eigenvalue weighted by atomic mass is 10.2. The molecule has 8 nitrogen and oxygen atoms in total. The summed E-state index contributed by atoms with van der Waals surface area (Å²) in [7, 11) is -2.92. The molecule has 0 spiro atoms. The molecule has 0 aliphatic rings. The Morgan fingerprint density at radius 1 is 1.28 bits per heavy atom. The first-order valence-corrected chi connectivity index (χ1v) is 9.41. The van der Waals surface area contributed by atoms with E-state index in [2.05, 4.69) is 14.9 Å². The number of nitrogens with two attached hydrogens (primary N) is 1. The van der Waals surface area contributed by atoms with Crippen LogP contribution in [0.15, 0.2) is 35.5 Å². The summed E-state index contributed by atoms with van der Waals surface area (Å²) < 4.78 is 31.6. The van der Waals surface area contributed by atoms with Crippen LogP contribution in [0.1, 0.15) is 37.7 Å². The molecule has 2 unspecified atom stereocenters. The first kappa shape index (κ1) is 19.1. The average molecular weight is 366 g/mol. The monoisotopic (exact) mass is 366 g/mol. The van der Waals surface area contributed by atoms with Gasteiger partial charge in [-0.2, -0.15) is 0 Å². The first-order chi connectivity index (χ1) is 11.8. The van der Waals surface area contributed by atoms with Gasteiger partial charge in [-0.3, -0.25) is 9.36 Å². The predicted octanol–water partition coefficient (Wildman–Crippen LogP) is 1.07. The third kappa shape index (κ3) is 3.88. The topological polar surface area (TPSA) is 117 Å². The van der Waals surface area contributed by atoms with Crippen LogP contribution in [-0.2, 0) is 25.9 Å². The summed E-state index contributed by atoms with van der Waals surface area (Å²) in [5, 5.41) is 6.13. The Morgan fingerprint density at radius 3 is 2.48 bits per heavy atom. The molecule has 1 aromatic heterocycles. The fourth-order valence-electron chi connectivity index (χ4n) is 2.33. The number of hydrogen-bond donors (Lipinski definition) is 1. The van der Waals surface area contributed by atoms with E-state index in [0.29, 0.717) is 12.2 Å². The van der Waals surface area contributed by atoms with Gasteiger partial charge >= 0.3 is 5.97 Å². The number of nitrogens with zero attached hydrogens (tertiary/aromatic N) is 3. The number of hydrogen-bond acceptors (Lipinski definition) is 7. The lowest BCUT2D eigenvalue weighted by Crippen LogP contribution is -2.31. The van der Waals surface area contributed by atoms with Gasteiger partial charge in [0.05, 0.1) is 19.7 Å². The van der Waals surface area contributed by atoms with Crippen molar-refractivity contribution in [2.75, 3.05) is 7.11 Å². The van der Waals surface area contributed by atoms with Crippen molar-refractivity contribution in [3.8, 4) is 0 Å². The minimum Gasteiger partial charge on any atom is -0.468 e. The van der Waals surface area contributed by atoms with Crippen LogP contribution in [0.5, 0.6) is 0 Å². The highest BCUT2D eigenvalue weighted by Crippen LogP contribution is 2.21. The lowest BCUT2D eigenvalue weighted by molar-refractivity contribution is -0.139. The molecule has 1 aromatic carbocycles. The van der Waals surface area contributed by atoms with E-state index in [0.717, 1.165) is 12.7 Å². The highest BCUT2D eigenvalue weighted by molar-refractivity contribution is 7.92. The van der Waals surface area contributed by atoms with Gasteiger partial charge in [0.15, 0.2) is 11.1 Å². The third-order valence-corrected chi connectivity index (χ3v) is 5.89. The fourth-order valence-corrected chi connectivity index (χ4v) is 3.62. The maximum Gasteiger partial charge on any atom is 0.324 e. The molecular weight excluding hydrogens is 344 g/mol. The van der Waals surface area contributed by atoms with E-state index in [4.69, 9.17) is 5.73 Å². The number of ether oxygens (including phenoxy) is 1. The Balaban J connectivity index is 2.55. The molecule has 2 aromatic rings. The molecule has 0 saturated carbocycles. The summed E-state index contributed by atoms with van der Waals surface area (Å²) in [6.07, 6.45) is 0.569. The summed E-state index contributed by atoms with van der Waals surface area (Å²) in [6, 6.07) is 8.83. The predicted molar refractivity (Wildman–Crippen MR) is 91.4 cm³/mol. The zero-order chi connectivity index (χ0) is 18.6. The summed E-state index contributed by atoms with van der Waals surface area (Å²) in [4.78, 5) is 11.7. The second-order valence-corrected chi connectivity index (χ2v) is 7.80. The van der Waals surface area contributed by atoms with Crippen LogP contribution in [0.3, 0.4) is 0 Å². The molecule has 25 heavy (non-hydrogen) atoms. The van der Waals surface area contributed by atoms with Gasteiger partial charge in [-0.15, -0.1) is 10.2 Å². The van der Waals surface area contributed by atoms with Crippen molar-refractivity contribution in [2.24, 2.45) is 5.73 Å². The number of esters is 1. The molecule has 0 fully saturated rings. The van der Waals surface area contributed by atoms with Crippen LogP contribution >= 0.6 is 0 Å². The van der Waals surface area contributed by atoms with Crippen molar-refractivity contribution in [1.82, 2.24) is 14.8 Å². The van der Waals surface area contributed by atoms with Crippen molar-refractivity contribution in [3.05, 3.63) is 41.7 Å². The molecule has 2 N–H and O–H groups in total. The van der Waals surface area contributed by atoms with Gasteiger partial charge in [-0.1, -0.05) is 37.3 Å². The van der Waals surface area contributed by atoms with Gasteiger partial charge in [0, 0.05) is 0 Å². The van der Waals surface area contributed by atoms with E-state index in [-0.39, 0.29) is 11.7 Å². The Bertz CT molecular complexity index is 833. The van der Waals surface area contributed by atoms with E-state index in [1.165, 1.54) is 11.5 Å². The summed E-state index contributed by atoms with van der Waals surface area (Å²) >= 11 is 0. The highest BCUT2D eigenvalue weighted by Gasteiger charge is 2.36. The minimum absolute atomic E-state index is 0.235. The van der Waals surface area contributed by atoms with Gasteiger partial charge in [0.2, 0.25) is 9.84 Å². The summed E-state index contributed by atoms with van der Waals surface area (Å²) in [6.45, 7) is 3.37. The molecule has 0 aliphatic heterocycles. The summed E-state index contributed by atoms with van der Waals surface area (Å²) in [5.74, 6) is -0.488. The quantitative estimate of drug-likeness (QED) is 0.728. The number of carbonyl (C=O) groups is 1. The number of methoxy groups -OCH3 is 1. The van der Waals surface area contributed by atoms with Crippen LogP contribution in [-0.4, -0.2) is 41.5 Å². The first-order valence-electron chi connectivity index (χ1n) is 7.87. The zero-order valence-corrected chi connectivity index (χ0v) is 15.2. The Kier molecular flexibility index (Phi) is 5.91. The molecule has 2 rings (SSSR count). The second-order valence-electron chi connectivity index (χ2n) is 5.64. The van der Waals surface area contributed by atoms with Crippen molar-refractivity contribution in [2.45, 2.75) is 43.3 Å². The fraction of sp³-hybridized carbons (Fsp3) is 0.438. The van der Waals surface area contributed by atoms with Crippen molar-refractivity contribution in [3.63, 3.8) is 0 Å². The Hall–Kier alpha value is -2.26. The van der Waals surface area contributed by atoms with Gasteiger partial charge in [0.1, 0.15) is 0 Å². The van der Waals surface area contributed by atoms with E-state index in [1.807, 2.05) is 37.3 Å². The molecule has 9 heteroatoms. The van der Waals surface area contributed by atoms with E-state index in [9.17, 15) is 13.2 Å². The van der Waals surface area contributed by atoms with E-state index in [1.54, 1.807) is 0 Å². The SMILES string of the molecule is CCC(N)c1nnc(S(=O)(=O)C(C)C(=O)OC)n1Cc1ccccc1. The van der Waals surface area contributed by atoms with Crippen LogP contribution in [0.2, 0.25) is 0 Å². The van der Waals surface area contributed by atoms with Crippen LogP contribution in [0, 0.1) is 0 Å². The lowest BCUT2D eigenvalue weighted by Gasteiger charge is -2.15. The normalized spacial score (nSPS) is 14.1. The molecule has 0 amide bonds. The molecular formula is C16H22N4O4S. The maximum absolute atomic E-state index is 12.8. The molecule has 0 saturated heterocycles. The maximum atomic E-state index is 12.8. The van der Waals surface area contributed by atoms with Crippen molar-refractivity contribution in [1.29, 1.82) is 0 Å². The molecule has 0 bridgehead atoms. The van der Waals surface area contributed by atoms with E-state index < -0.39 is 27.1 Å². The third-order valence-electron chi connectivity index (χ3n) is 3.95. The molecule has 0 aliphatic carbocycles. The summed E-state index contributed by atoms with van der Waals surface area (Å²) in [5.41, 5.74) is 6.93. The van der Waals surface area contributed by atoms with Gasteiger partial charge in [0.25, 0.3) is 5.16 Å². The minimum atomic E-state index is -4.06. The number of rotatable bonds is 7. The Labute approximate surface area is 146 Å². The van der Waals surface area contributed by atoms with Crippen molar-refractivity contribution >= 4 is 15.8 Å². The standard InChI is InChI=1S/C16H22N4O4S/c1-4-13(17)14-18-19-16(25(22,23)11(2)15(21)24-3)20(14)10-12-8-6-5-7-9-12/h5-9,11,13H,4,10,17H2,1-3H3. The van der Waals surface area contributed by atoms with Crippen molar-refractivity contribution < 1.29 is 17.9 Å². The van der Waals surface area contributed by atoms with Crippen LogP contribution < -0.4 is 5.73 Å². The van der Waals surface area contributed by atoms with Crippen LogP contribution in [0.25, 0.3) is 0 Å². The zero-order valence-electron chi connectivity index (χ0n) is 14.4. The van der Waals surface area contributed by atoms with Crippen LogP contribution in [0.4, 0.5) is 0 Å². The molecule has 136 valence electrons. The smallest absolute Gasteiger partial charge is 0.324 e. The average Bonchev–Trinajstić information content (AvgIpc) is 3.04. The van der Waals surface area contributed by atoms with Gasteiger partial charge in [-0.05, 0) is 18.9 Å². The molecule has 0 radical (unpaired) electrons. The Morgan fingerprint density at radius 2 is 1.92 bits per heavy atom. The van der Waals surface area contributed by atoms with Gasteiger partial charge < -0.3 is 10.5 Å². The second kappa shape index (κ2) is 7.75. The van der Waals surface area contributed by atoms with Gasteiger partial charge in [-0.25, -0.2) is 8.42 Å². The number of benzene rings is 1. The molecule has 2 atom stereocenters. The number of carbonyl (C=O) groups excluding carboxylic acids is 1. The van der Waals surface area contributed by atoms with E-state index >= 15 is 0 Å². The number of aromatic nitrogens is 3. The largest absolute Gasteiger partial charge is 0.468 e.